The molecule has 0 radical (unpaired) electrons. The third-order valence-corrected chi connectivity index (χ3v) is 4.59. The Balaban J connectivity index is 1.74. The summed E-state index contributed by atoms with van der Waals surface area (Å²) in [5, 5.41) is 14.0. The molecule has 1 aromatic carbocycles. The van der Waals surface area contributed by atoms with Crippen molar-refractivity contribution in [2.24, 2.45) is 0 Å². The molecule has 0 aliphatic carbocycles. The van der Waals surface area contributed by atoms with Crippen molar-refractivity contribution in [3.05, 3.63) is 52.3 Å². The van der Waals surface area contributed by atoms with E-state index in [2.05, 4.69) is 5.32 Å². The molecule has 3 rings (SSSR count). The third-order valence-electron chi connectivity index (χ3n) is 3.76. The molecule has 1 N–H and O–H groups in total. The number of nitrogens with one attached hydrogen (secondary N) is 1. The number of anilines is 1. The van der Waals surface area contributed by atoms with Gasteiger partial charge in [0.05, 0.1) is 5.56 Å². The minimum Gasteiger partial charge on any atom is -0.449 e. The molecule has 0 saturated carbocycles. The lowest BCUT2D eigenvalue weighted by Gasteiger charge is -2.12. The molecule has 2 heterocycles. The number of halogens is 1. The summed E-state index contributed by atoms with van der Waals surface area (Å²) < 4.78 is 23.9. The minimum absolute atomic E-state index is 0.0842. The number of nitriles is 1. The van der Waals surface area contributed by atoms with Gasteiger partial charge in [0.25, 0.3) is 5.91 Å². The summed E-state index contributed by atoms with van der Waals surface area (Å²) in [5.41, 5.74) is 1.12. The van der Waals surface area contributed by atoms with Crippen LogP contribution in [-0.2, 0) is 9.53 Å². The Kier molecular flexibility index (Phi) is 4.73. The van der Waals surface area contributed by atoms with Crippen molar-refractivity contribution in [3.63, 3.8) is 0 Å². The summed E-state index contributed by atoms with van der Waals surface area (Å²) >= 11 is 1.19. The number of fused-ring (bicyclic) bond motifs is 1. The highest BCUT2D eigenvalue weighted by atomic mass is 32.1. The second-order valence-electron chi connectivity index (χ2n) is 5.51. The van der Waals surface area contributed by atoms with E-state index in [0.717, 1.165) is 0 Å². The van der Waals surface area contributed by atoms with E-state index in [1.54, 1.807) is 18.4 Å². The van der Waals surface area contributed by atoms with Crippen molar-refractivity contribution in [3.8, 4) is 6.07 Å². The molecular weight excluding hydrogens is 359 g/mol. The second-order valence-corrected chi connectivity index (χ2v) is 6.42. The molecule has 0 saturated heterocycles. The molecule has 0 aliphatic heterocycles. The van der Waals surface area contributed by atoms with Crippen molar-refractivity contribution in [2.75, 3.05) is 5.32 Å². The Bertz CT molecular complexity index is 1050. The zero-order valence-electron chi connectivity index (χ0n) is 13.8. The van der Waals surface area contributed by atoms with Gasteiger partial charge >= 0.3 is 5.97 Å². The Morgan fingerprint density at radius 3 is 2.88 bits per heavy atom. The average molecular weight is 372 g/mol. The lowest BCUT2D eigenvalue weighted by molar-refractivity contribution is -0.123. The number of benzene rings is 1. The fraction of sp³-hybridized carbons (Fsp3) is 0.167. The maximum atomic E-state index is 13.4. The van der Waals surface area contributed by atoms with Crippen molar-refractivity contribution in [1.29, 1.82) is 5.26 Å². The molecule has 0 spiro atoms. The Morgan fingerprint density at radius 2 is 2.15 bits per heavy atom. The standard InChI is InChI=1S/C18H13FN2O4S/c1-9-13-7-12(19)3-4-14(13)25-15(9)18(23)24-10(2)16(22)21-17-11(8-20)5-6-26-17/h3-7,10H,1-2H3,(H,21,22). The number of hydrogen-bond donors (Lipinski definition) is 1. The van der Waals surface area contributed by atoms with E-state index in [1.807, 2.05) is 6.07 Å². The van der Waals surface area contributed by atoms with Crippen LogP contribution >= 0.6 is 11.3 Å². The second kappa shape index (κ2) is 6.98. The highest BCUT2D eigenvalue weighted by molar-refractivity contribution is 7.14. The van der Waals surface area contributed by atoms with Crippen LogP contribution in [0.3, 0.4) is 0 Å². The maximum absolute atomic E-state index is 13.4. The van der Waals surface area contributed by atoms with E-state index in [4.69, 9.17) is 14.4 Å². The lowest BCUT2D eigenvalue weighted by Crippen LogP contribution is -2.30. The Labute approximate surface area is 151 Å². The van der Waals surface area contributed by atoms with Gasteiger partial charge in [0, 0.05) is 10.9 Å². The van der Waals surface area contributed by atoms with Gasteiger partial charge in [0.2, 0.25) is 5.76 Å². The molecule has 132 valence electrons. The van der Waals surface area contributed by atoms with E-state index in [9.17, 15) is 14.0 Å². The third kappa shape index (κ3) is 3.30. The largest absolute Gasteiger partial charge is 0.449 e. The number of nitrogens with zero attached hydrogens (tertiary/aromatic N) is 1. The Morgan fingerprint density at radius 1 is 1.38 bits per heavy atom. The van der Waals surface area contributed by atoms with Crippen LogP contribution in [0.5, 0.6) is 0 Å². The van der Waals surface area contributed by atoms with Gasteiger partial charge in [-0.1, -0.05) is 0 Å². The smallest absolute Gasteiger partial charge is 0.375 e. The van der Waals surface area contributed by atoms with E-state index in [1.165, 1.54) is 36.5 Å². The minimum atomic E-state index is -1.11. The van der Waals surface area contributed by atoms with Crippen LogP contribution in [0.4, 0.5) is 9.39 Å². The number of aryl methyl sites for hydroxylation is 1. The predicted octanol–water partition coefficient (Wildman–Crippen LogP) is 4.00. The molecule has 1 atom stereocenters. The van der Waals surface area contributed by atoms with Crippen molar-refractivity contribution < 1.29 is 23.1 Å². The van der Waals surface area contributed by atoms with Gasteiger partial charge < -0.3 is 14.5 Å². The van der Waals surface area contributed by atoms with Gasteiger partial charge in [-0.2, -0.15) is 5.26 Å². The van der Waals surface area contributed by atoms with Crippen molar-refractivity contribution in [1.82, 2.24) is 0 Å². The first-order chi connectivity index (χ1) is 12.4. The fourth-order valence-electron chi connectivity index (χ4n) is 2.36. The van der Waals surface area contributed by atoms with Gasteiger partial charge in [-0.05, 0) is 43.5 Å². The summed E-state index contributed by atoms with van der Waals surface area (Å²) in [6.07, 6.45) is -1.11. The topological polar surface area (TPSA) is 92.3 Å². The Hall–Kier alpha value is -3.18. The predicted molar refractivity (Wildman–Crippen MR) is 93.5 cm³/mol. The van der Waals surface area contributed by atoms with Crippen LogP contribution < -0.4 is 5.32 Å². The van der Waals surface area contributed by atoms with Crippen molar-refractivity contribution in [2.45, 2.75) is 20.0 Å². The van der Waals surface area contributed by atoms with Gasteiger partial charge in [0.15, 0.2) is 6.10 Å². The van der Waals surface area contributed by atoms with Gasteiger partial charge in [0.1, 0.15) is 22.5 Å². The lowest BCUT2D eigenvalue weighted by atomic mass is 10.1. The molecule has 6 nitrogen and oxygen atoms in total. The number of esters is 1. The normalized spacial score (nSPS) is 11.8. The van der Waals surface area contributed by atoms with Gasteiger partial charge in [-0.25, -0.2) is 9.18 Å². The molecule has 26 heavy (non-hydrogen) atoms. The number of rotatable bonds is 4. The summed E-state index contributed by atoms with van der Waals surface area (Å²) in [4.78, 5) is 24.5. The molecule has 0 aliphatic rings. The highest BCUT2D eigenvalue weighted by Crippen LogP contribution is 2.27. The first kappa shape index (κ1) is 17.6. The van der Waals surface area contributed by atoms with Crippen LogP contribution in [0.1, 0.15) is 28.6 Å². The number of furan rings is 1. The summed E-state index contributed by atoms with van der Waals surface area (Å²) in [5.74, 6) is -1.93. The molecule has 3 aromatic rings. The van der Waals surface area contributed by atoms with Crippen LogP contribution in [0.2, 0.25) is 0 Å². The summed E-state index contributed by atoms with van der Waals surface area (Å²) in [7, 11) is 0. The van der Waals surface area contributed by atoms with Crippen LogP contribution in [0.25, 0.3) is 11.0 Å². The number of thiophene rings is 1. The molecule has 1 unspecified atom stereocenters. The quantitative estimate of drug-likeness (QED) is 0.699. The van der Waals surface area contributed by atoms with Gasteiger partial charge in [-0.3, -0.25) is 4.79 Å². The van der Waals surface area contributed by atoms with E-state index in [0.29, 0.717) is 27.1 Å². The highest BCUT2D eigenvalue weighted by Gasteiger charge is 2.25. The summed E-state index contributed by atoms with van der Waals surface area (Å²) in [6, 6.07) is 7.45. The fourth-order valence-corrected chi connectivity index (χ4v) is 3.10. The number of carbonyl (C=O) groups excluding carboxylic acids is 2. The number of hydrogen-bond acceptors (Lipinski definition) is 6. The molecule has 0 bridgehead atoms. The number of amides is 1. The number of carbonyl (C=O) groups is 2. The average Bonchev–Trinajstić information content (AvgIpc) is 3.19. The van der Waals surface area contributed by atoms with E-state index in [-0.39, 0.29) is 5.76 Å². The molecular formula is C18H13FN2O4S. The maximum Gasteiger partial charge on any atom is 0.375 e. The van der Waals surface area contributed by atoms with Gasteiger partial charge in [-0.15, -0.1) is 11.3 Å². The van der Waals surface area contributed by atoms with Crippen LogP contribution in [0, 0.1) is 24.1 Å². The zero-order valence-corrected chi connectivity index (χ0v) is 14.6. The SMILES string of the molecule is Cc1c(C(=O)OC(C)C(=O)Nc2sccc2C#N)oc2ccc(F)cc12. The van der Waals surface area contributed by atoms with Crippen LogP contribution in [0.15, 0.2) is 34.1 Å². The molecule has 0 fully saturated rings. The monoisotopic (exact) mass is 372 g/mol. The molecule has 1 amide bonds. The first-order valence-corrected chi connectivity index (χ1v) is 8.46. The first-order valence-electron chi connectivity index (χ1n) is 7.58. The van der Waals surface area contributed by atoms with Crippen LogP contribution in [-0.4, -0.2) is 18.0 Å². The van der Waals surface area contributed by atoms with Crippen molar-refractivity contribution >= 4 is 39.2 Å². The van der Waals surface area contributed by atoms with E-state index >= 15 is 0 Å². The summed E-state index contributed by atoms with van der Waals surface area (Å²) in [6.45, 7) is 3.02. The molecule has 8 heteroatoms. The molecule has 2 aromatic heterocycles. The zero-order chi connectivity index (χ0) is 18.8. The van der Waals surface area contributed by atoms with E-state index < -0.39 is 23.8 Å². The number of ether oxygens (including phenoxy) is 1.